The number of aromatic nitrogens is 2. The molecule has 1 atom stereocenters. The van der Waals surface area contributed by atoms with Crippen LogP contribution in [0.3, 0.4) is 0 Å². The third kappa shape index (κ3) is 5.84. The Morgan fingerprint density at radius 2 is 2.21 bits per heavy atom. The minimum absolute atomic E-state index is 0. The maximum Gasteiger partial charge on any atom is 0.416 e. The van der Waals surface area contributed by atoms with Gasteiger partial charge in [-0.1, -0.05) is 12.1 Å². The number of nitrogens with one attached hydrogen (secondary N) is 1. The molecule has 1 aromatic heterocycles. The maximum atomic E-state index is 13.0. The van der Waals surface area contributed by atoms with E-state index in [0.29, 0.717) is 37.8 Å². The SMILES string of the molecule is CN=C(NCCn1ccnc1)N1CCOC(c2cccc(C(F)(F)F)c2)C1.I. The van der Waals surface area contributed by atoms with E-state index in [1.54, 1.807) is 25.6 Å². The number of aliphatic imine (C=N–C) groups is 1. The summed E-state index contributed by atoms with van der Waals surface area (Å²) >= 11 is 0. The number of benzene rings is 1. The van der Waals surface area contributed by atoms with E-state index in [4.69, 9.17) is 4.74 Å². The zero-order valence-electron chi connectivity index (χ0n) is 15.4. The molecule has 1 aromatic carbocycles. The number of ether oxygens (including phenoxy) is 1. The predicted octanol–water partition coefficient (Wildman–Crippen LogP) is 3.17. The van der Waals surface area contributed by atoms with Crippen LogP contribution in [0.25, 0.3) is 0 Å². The largest absolute Gasteiger partial charge is 0.416 e. The third-order valence-electron chi connectivity index (χ3n) is 4.38. The first-order valence-corrected chi connectivity index (χ1v) is 8.67. The molecular weight excluding hydrogens is 486 g/mol. The molecule has 0 spiro atoms. The van der Waals surface area contributed by atoms with E-state index in [1.807, 2.05) is 15.7 Å². The van der Waals surface area contributed by atoms with Crippen LogP contribution in [-0.2, 0) is 17.5 Å². The third-order valence-corrected chi connectivity index (χ3v) is 4.38. The lowest BCUT2D eigenvalue weighted by molar-refractivity contribution is -0.137. The molecule has 2 aromatic rings. The van der Waals surface area contributed by atoms with Gasteiger partial charge in [-0.15, -0.1) is 24.0 Å². The van der Waals surface area contributed by atoms with Gasteiger partial charge < -0.3 is 19.5 Å². The number of halogens is 4. The Balaban J connectivity index is 0.00000280. The fraction of sp³-hybridized carbons (Fsp3) is 0.444. The fourth-order valence-corrected chi connectivity index (χ4v) is 3.01. The topological polar surface area (TPSA) is 54.7 Å². The van der Waals surface area contributed by atoms with Gasteiger partial charge in [0, 0.05) is 39.1 Å². The molecule has 0 saturated carbocycles. The molecule has 0 aliphatic carbocycles. The number of rotatable bonds is 4. The van der Waals surface area contributed by atoms with Crippen LogP contribution >= 0.6 is 24.0 Å². The first kappa shape index (κ1) is 22.5. The molecule has 1 unspecified atom stereocenters. The lowest BCUT2D eigenvalue weighted by atomic mass is 10.0. The average Bonchev–Trinajstić information content (AvgIpc) is 3.18. The summed E-state index contributed by atoms with van der Waals surface area (Å²) in [6.45, 7) is 2.88. The van der Waals surface area contributed by atoms with Crippen molar-refractivity contribution in [3.8, 4) is 0 Å². The Kier molecular flexibility index (Phi) is 8.10. The number of morpholine rings is 1. The van der Waals surface area contributed by atoms with Crippen molar-refractivity contribution in [3.63, 3.8) is 0 Å². The van der Waals surface area contributed by atoms with Crippen LogP contribution in [0.15, 0.2) is 48.0 Å². The summed E-state index contributed by atoms with van der Waals surface area (Å²) < 4.78 is 46.6. The fourth-order valence-electron chi connectivity index (χ4n) is 3.01. The van der Waals surface area contributed by atoms with Gasteiger partial charge >= 0.3 is 6.18 Å². The monoisotopic (exact) mass is 509 g/mol. The maximum absolute atomic E-state index is 13.0. The van der Waals surface area contributed by atoms with Crippen LogP contribution in [0.5, 0.6) is 0 Å². The van der Waals surface area contributed by atoms with E-state index < -0.39 is 17.8 Å². The summed E-state index contributed by atoms with van der Waals surface area (Å²) in [6, 6.07) is 5.31. The lowest BCUT2D eigenvalue weighted by Gasteiger charge is -2.35. The summed E-state index contributed by atoms with van der Waals surface area (Å²) in [5.41, 5.74) is -0.146. The van der Waals surface area contributed by atoms with Crippen molar-refractivity contribution in [2.75, 3.05) is 33.3 Å². The first-order chi connectivity index (χ1) is 13.0. The molecule has 1 fully saturated rings. The summed E-state index contributed by atoms with van der Waals surface area (Å²) in [5, 5.41) is 3.28. The highest BCUT2D eigenvalue weighted by atomic mass is 127. The van der Waals surface area contributed by atoms with Gasteiger partial charge in [0.25, 0.3) is 0 Å². The molecule has 28 heavy (non-hydrogen) atoms. The molecule has 1 aliphatic heterocycles. The van der Waals surface area contributed by atoms with Gasteiger partial charge in [-0.2, -0.15) is 13.2 Å². The minimum Gasteiger partial charge on any atom is -0.370 e. The Bertz CT molecular complexity index is 767. The molecule has 154 valence electrons. The Hall–Kier alpha value is -1.82. The van der Waals surface area contributed by atoms with E-state index in [9.17, 15) is 13.2 Å². The second-order valence-corrected chi connectivity index (χ2v) is 6.20. The molecule has 2 heterocycles. The molecule has 0 amide bonds. The van der Waals surface area contributed by atoms with Crippen LogP contribution in [0, 0.1) is 0 Å². The molecule has 0 radical (unpaired) electrons. The van der Waals surface area contributed by atoms with Gasteiger partial charge in [0.15, 0.2) is 5.96 Å². The van der Waals surface area contributed by atoms with Crippen LogP contribution < -0.4 is 5.32 Å². The van der Waals surface area contributed by atoms with Crippen molar-refractivity contribution in [1.29, 1.82) is 0 Å². The molecular formula is C18H23F3IN5O. The van der Waals surface area contributed by atoms with E-state index >= 15 is 0 Å². The molecule has 1 N–H and O–H groups in total. The Labute approximate surface area is 178 Å². The van der Waals surface area contributed by atoms with Gasteiger partial charge in [0.2, 0.25) is 0 Å². The van der Waals surface area contributed by atoms with Crippen LogP contribution in [0.4, 0.5) is 13.2 Å². The Morgan fingerprint density at radius 3 is 2.89 bits per heavy atom. The Morgan fingerprint density at radius 1 is 1.39 bits per heavy atom. The van der Waals surface area contributed by atoms with Gasteiger partial charge in [0.1, 0.15) is 6.10 Å². The number of hydrogen-bond acceptors (Lipinski definition) is 3. The van der Waals surface area contributed by atoms with E-state index in [1.165, 1.54) is 6.07 Å². The number of nitrogens with zero attached hydrogens (tertiary/aromatic N) is 4. The van der Waals surface area contributed by atoms with E-state index in [2.05, 4.69) is 15.3 Å². The van der Waals surface area contributed by atoms with Crippen LogP contribution in [-0.4, -0.2) is 53.7 Å². The van der Waals surface area contributed by atoms with Crippen LogP contribution in [0.2, 0.25) is 0 Å². The number of guanidine groups is 1. The van der Waals surface area contributed by atoms with Gasteiger partial charge in [-0.3, -0.25) is 4.99 Å². The average molecular weight is 509 g/mol. The summed E-state index contributed by atoms with van der Waals surface area (Å²) in [7, 11) is 1.69. The van der Waals surface area contributed by atoms with Crippen molar-refractivity contribution in [1.82, 2.24) is 19.8 Å². The molecule has 3 rings (SSSR count). The predicted molar refractivity (Wildman–Crippen MR) is 111 cm³/mol. The molecule has 1 aliphatic rings. The van der Waals surface area contributed by atoms with Crippen molar-refractivity contribution in [2.24, 2.45) is 4.99 Å². The zero-order chi connectivity index (χ0) is 19.3. The second-order valence-electron chi connectivity index (χ2n) is 6.20. The molecule has 6 nitrogen and oxygen atoms in total. The highest BCUT2D eigenvalue weighted by molar-refractivity contribution is 14.0. The molecule has 10 heteroatoms. The zero-order valence-corrected chi connectivity index (χ0v) is 17.7. The van der Waals surface area contributed by atoms with E-state index in [0.717, 1.165) is 18.7 Å². The summed E-state index contributed by atoms with van der Waals surface area (Å²) in [5.74, 6) is 0.704. The minimum atomic E-state index is -4.37. The van der Waals surface area contributed by atoms with Gasteiger partial charge in [-0.05, 0) is 17.7 Å². The molecule has 1 saturated heterocycles. The standard InChI is InChI=1S/C18H22F3N5O.HI/c1-22-17(24-6-8-25-7-5-23-13-25)26-9-10-27-16(12-26)14-3-2-4-15(11-14)18(19,20)21;/h2-5,7,11,13,16H,6,8-10,12H2,1H3,(H,22,24);1H. The number of hydrogen-bond donors (Lipinski definition) is 1. The molecule has 0 bridgehead atoms. The summed E-state index contributed by atoms with van der Waals surface area (Å²) in [6.07, 6.45) is 0.533. The van der Waals surface area contributed by atoms with Crippen molar-refractivity contribution in [3.05, 3.63) is 54.1 Å². The lowest BCUT2D eigenvalue weighted by Crippen LogP contribution is -2.48. The smallest absolute Gasteiger partial charge is 0.370 e. The quantitative estimate of drug-likeness (QED) is 0.391. The van der Waals surface area contributed by atoms with Crippen molar-refractivity contribution >= 4 is 29.9 Å². The number of imidazole rings is 1. The van der Waals surface area contributed by atoms with Crippen molar-refractivity contribution < 1.29 is 17.9 Å². The van der Waals surface area contributed by atoms with Gasteiger partial charge in [0.05, 0.1) is 25.0 Å². The van der Waals surface area contributed by atoms with Crippen molar-refractivity contribution in [2.45, 2.75) is 18.8 Å². The second kappa shape index (κ2) is 10.1. The summed E-state index contributed by atoms with van der Waals surface area (Å²) in [4.78, 5) is 10.3. The van der Waals surface area contributed by atoms with Gasteiger partial charge in [-0.25, -0.2) is 4.98 Å². The highest BCUT2D eigenvalue weighted by Crippen LogP contribution is 2.32. The number of alkyl halides is 3. The van der Waals surface area contributed by atoms with Crippen LogP contribution in [0.1, 0.15) is 17.2 Å². The first-order valence-electron chi connectivity index (χ1n) is 8.67. The van der Waals surface area contributed by atoms with E-state index in [-0.39, 0.29) is 24.0 Å². The normalized spacial score (nSPS) is 17.9. The highest BCUT2D eigenvalue weighted by Gasteiger charge is 2.32.